The van der Waals surface area contributed by atoms with Gasteiger partial charge in [0.25, 0.3) is 0 Å². The second kappa shape index (κ2) is 7.93. The van der Waals surface area contributed by atoms with Crippen LogP contribution in [0.4, 0.5) is 0 Å². The van der Waals surface area contributed by atoms with Gasteiger partial charge in [-0.1, -0.05) is 0 Å². The molecule has 0 aliphatic rings. The number of carboxylic acid groups (broad SMARTS) is 1. The first-order chi connectivity index (χ1) is 9.85. The Morgan fingerprint density at radius 2 is 1.90 bits per heavy atom. The fourth-order valence-corrected chi connectivity index (χ4v) is 2.40. The molecule has 0 saturated heterocycles. The number of rotatable bonds is 9. The second-order valence-electron chi connectivity index (χ2n) is 4.15. The standard InChI is InChI=1S/C12H17NO7S/c14-8-9(15)7-13-21(18,19)11-3-1-10(2-4-11)20-6-5-12(16)17/h1-4,9,13-15H,5-8H2,(H,16,17). The summed E-state index contributed by atoms with van der Waals surface area (Å²) in [6.45, 7) is -0.850. The number of hydrogen-bond acceptors (Lipinski definition) is 6. The molecule has 0 saturated carbocycles. The molecule has 4 N–H and O–H groups in total. The van der Waals surface area contributed by atoms with Crippen molar-refractivity contribution in [1.82, 2.24) is 4.72 Å². The van der Waals surface area contributed by atoms with Crippen molar-refractivity contribution in [2.24, 2.45) is 0 Å². The summed E-state index contributed by atoms with van der Waals surface area (Å²) >= 11 is 0. The zero-order valence-electron chi connectivity index (χ0n) is 11.1. The van der Waals surface area contributed by atoms with E-state index in [1.165, 1.54) is 24.3 Å². The maximum atomic E-state index is 11.8. The van der Waals surface area contributed by atoms with Gasteiger partial charge < -0.3 is 20.1 Å². The molecule has 0 aliphatic heterocycles. The summed E-state index contributed by atoms with van der Waals surface area (Å²) in [5.74, 6) is -0.633. The molecule has 0 amide bonds. The molecule has 1 unspecified atom stereocenters. The van der Waals surface area contributed by atoms with Crippen LogP contribution in [0.5, 0.6) is 5.75 Å². The van der Waals surface area contributed by atoms with E-state index in [9.17, 15) is 13.2 Å². The predicted molar refractivity (Wildman–Crippen MR) is 72.5 cm³/mol. The highest BCUT2D eigenvalue weighted by Gasteiger charge is 2.15. The van der Waals surface area contributed by atoms with E-state index in [0.717, 1.165) is 0 Å². The number of aliphatic carboxylic acids is 1. The van der Waals surface area contributed by atoms with E-state index >= 15 is 0 Å². The van der Waals surface area contributed by atoms with E-state index in [2.05, 4.69) is 4.72 Å². The highest BCUT2D eigenvalue weighted by molar-refractivity contribution is 7.89. The number of ether oxygens (including phenoxy) is 1. The van der Waals surface area contributed by atoms with Crippen molar-refractivity contribution in [3.8, 4) is 5.75 Å². The maximum absolute atomic E-state index is 11.8. The number of benzene rings is 1. The van der Waals surface area contributed by atoms with Crippen molar-refractivity contribution in [2.45, 2.75) is 17.4 Å². The molecule has 1 aromatic carbocycles. The molecule has 0 aliphatic carbocycles. The molecule has 1 aromatic rings. The van der Waals surface area contributed by atoms with E-state index in [4.69, 9.17) is 20.1 Å². The Morgan fingerprint density at radius 1 is 1.29 bits per heavy atom. The fraction of sp³-hybridized carbons (Fsp3) is 0.417. The molecule has 0 radical (unpaired) electrons. The molecule has 0 heterocycles. The van der Waals surface area contributed by atoms with Gasteiger partial charge in [0.05, 0.1) is 30.6 Å². The van der Waals surface area contributed by atoms with Crippen molar-refractivity contribution in [2.75, 3.05) is 19.8 Å². The molecule has 118 valence electrons. The molecule has 21 heavy (non-hydrogen) atoms. The van der Waals surface area contributed by atoms with Gasteiger partial charge in [0.1, 0.15) is 5.75 Å². The van der Waals surface area contributed by atoms with Crippen LogP contribution in [-0.4, -0.2) is 55.6 Å². The number of carbonyl (C=O) groups is 1. The Hall–Kier alpha value is -1.68. The summed E-state index contributed by atoms with van der Waals surface area (Å²) in [4.78, 5) is 10.3. The smallest absolute Gasteiger partial charge is 0.306 e. The van der Waals surface area contributed by atoms with Crippen LogP contribution in [0.25, 0.3) is 0 Å². The van der Waals surface area contributed by atoms with Gasteiger partial charge in [0.15, 0.2) is 0 Å². The van der Waals surface area contributed by atoms with Crippen molar-refractivity contribution < 1.29 is 33.3 Å². The van der Waals surface area contributed by atoms with Gasteiger partial charge in [-0.25, -0.2) is 13.1 Å². The van der Waals surface area contributed by atoms with Crippen molar-refractivity contribution in [1.29, 1.82) is 0 Å². The van der Waals surface area contributed by atoms with Crippen molar-refractivity contribution in [3.63, 3.8) is 0 Å². The predicted octanol–water partition coefficient (Wildman–Crippen LogP) is -0.828. The SMILES string of the molecule is O=C(O)CCOc1ccc(S(=O)(=O)NCC(O)CO)cc1. The molecular formula is C12H17NO7S. The van der Waals surface area contributed by atoms with Crippen LogP contribution in [0.3, 0.4) is 0 Å². The highest BCUT2D eigenvalue weighted by atomic mass is 32.2. The summed E-state index contributed by atoms with van der Waals surface area (Å²) in [6.07, 6.45) is -1.32. The van der Waals surface area contributed by atoms with Crippen LogP contribution in [0, 0.1) is 0 Å². The zero-order chi connectivity index (χ0) is 15.9. The Kier molecular flexibility index (Phi) is 6.56. The van der Waals surface area contributed by atoms with Gasteiger partial charge in [0, 0.05) is 6.54 Å². The second-order valence-corrected chi connectivity index (χ2v) is 5.92. The first-order valence-corrected chi connectivity index (χ1v) is 7.56. The van der Waals surface area contributed by atoms with Crippen molar-refractivity contribution in [3.05, 3.63) is 24.3 Å². The molecule has 0 bridgehead atoms. The topological polar surface area (TPSA) is 133 Å². The van der Waals surface area contributed by atoms with E-state index in [-0.39, 0.29) is 24.5 Å². The lowest BCUT2D eigenvalue weighted by Crippen LogP contribution is -2.33. The monoisotopic (exact) mass is 319 g/mol. The Morgan fingerprint density at radius 3 is 2.43 bits per heavy atom. The van der Waals surface area contributed by atoms with E-state index < -0.39 is 28.7 Å². The van der Waals surface area contributed by atoms with E-state index in [1.807, 2.05) is 0 Å². The van der Waals surface area contributed by atoms with Gasteiger partial charge in [-0.15, -0.1) is 0 Å². The van der Waals surface area contributed by atoms with Crippen LogP contribution in [0.1, 0.15) is 6.42 Å². The average Bonchev–Trinajstić information content (AvgIpc) is 2.45. The van der Waals surface area contributed by atoms with Gasteiger partial charge >= 0.3 is 5.97 Å². The first-order valence-electron chi connectivity index (χ1n) is 6.08. The molecule has 9 heteroatoms. The largest absolute Gasteiger partial charge is 0.493 e. The lowest BCUT2D eigenvalue weighted by Gasteiger charge is -2.10. The minimum atomic E-state index is -3.79. The quantitative estimate of drug-likeness (QED) is 0.467. The number of aliphatic hydroxyl groups excluding tert-OH is 2. The van der Waals surface area contributed by atoms with E-state index in [0.29, 0.717) is 5.75 Å². The number of aliphatic hydroxyl groups is 2. The summed E-state index contributed by atoms with van der Waals surface area (Å²) in [5, 5.41) is 26.2. The summed E-state index contributed by atoms with van der Waals surface area (Å²) in [6, 6.07) is 5.39. The van der Waals surface area contributed by atoms with E-state index in [1.54, 1.807) is 0 Å². The van der Waals surface area contributed by atoms with Crippen molar-refractivity contribution >= 4 is 16.0 Å². The summed E-state index contributed by atoms with van der Waals surface area (Å²) in [7, 11) is -3.79. The van der Waals surface area contributed by atoms with Gasteiger partial charge in [-0.3, -0.25) is 4.79 Å². The third-order valence-corrected chi connectivity index (χ3v) is 3.88. The molecule has 1 atom stereocenters. The molecule has 1 rings (SSSR count). The van der Waals surface area contributed by atoms with Crippen LogP contribution < -0.4 is 9.46 Å². The Bertz CT molecular complexity index is 555. The number of nitrogens with one attached hydrogen (secondary N) is 1. The molecular weight excluding hydrogens is 302 g/mol. The van der Waals surface area contributed by atoms with Crippen LogP contribution in [0.2, 0.25) is 0 Å². The van der Waals surface area contributed by atoms with Crippen LogP contribution in [0.15, 0.2) is 29.2 Å². The van der Waals surface area contributed by atoms with Gasteiger partial charge in [-0.2, -0.15) is 0 Å². The fourth-order valence-electron chi connectivity index (χ4n) is 1.32. The normalized spacial score (nSPS) is 12.9. The number of carboxylic acids is 1. The third kappa shape index (κ3) is 6.08. The van der Waals surface area contributed by atoms with Gasteiger partial charge in [-0.05, 0) is 24.3 Å². The highest BCUT2D eigenvalue weighted by Crippen LogP contribution is 2.16. The zero-order valence-corrected chi connectivity index (χ0v) is 11.9. The van der Waals surface area contributed by atoms with Gasteiger partial charge in [0.2, 0.25) is 10.0 Å². The third-order valence-electron chi connectivity index (χ3n) is 2.44. The average molecular weight is 319 g/mol. The molecule has 0 fully saturated rings. The van der Waals surface area contributed by atoms with Crippen LogP contribution in [-0.2, 0) is 14.8 Å². The summed E-state index contributed by atoms with van der Waals surface area (Å²) in [5.41, 5.74) is 0. The minimum absolute atomic E-state index is 0.0115. The molecule has 8 nitrogen and oxygen atoms in total. The Balaban J connectivity index is 2.61. The molecule has 0 spiro atoms. The lowest BCUT2D eigenvalue weighted by atomic mass is 10.3. The maximum Gasteiger partial charge on any atom is 0.306 e. The Labute approximate surface area is 122 Å². The minimum Gasteiger partial charge on any atom is -0.493 e. The summed E-state index contributed by atoms with van der Waals surface area (Å²) < 4.78 is 31.0. The first kappa shape index (κ1) is 17.4. The molecule has 0 aromatic heterocycles. The lowest BCUT2D eigenvalue weighted by molar-refractivity contribution is -0.137. The number of sulfonamides is 1. The number of hydrogen-bond donors (Lipinski definition) is 4. The van der Waals surface area contributed by atoms with Crippen LogP contribution >= 0.6 is 0 Å².